The Labute approximate surface area is 285 Å². The predicted molar refractivity (Wildman–Crippen MR) is 201 cm³/mol. The third kappa shape index (κ3) is 3.29. The van der Waals surface area contributed by atoms with Crippen LogP contribution in [0, 0.1) is 0 Å². The number of hydrogen-bond acceptors (Lipinski definition) is 2. The number of fused-ring (bicyclic) bond motifs is 12. The molecule has 1 aromatic heterocycles. The van der Waals surface area contributed by atoms with E-state index in [1.54, 1.807) is 0 Å². The van der Waals surface area contributed by atoms with Crippen LogP contribution in [0.3, 0.4) is 0 Å². The molecule has 0 bridgehead atoms. The van der Waals surface area contributed by atoms with E-state index in [0.717, 1.165) is 34.7 Å². The van der Waals surface area contributed by atoms with E-state index < -0.39 is 0 Å². The zero-order valence-electron chi connectivity index (χ0n) is 27.1. The third-order valence-electron chi connectivity index (χ3n) is 11.1. The Hall–Kier alpha value is -6.19. The van der Waals surface area contributed by atoms with Crippen molar-refractivity contribution in [2.24, 2.45) is 0 Å². The van der Waals surface area contributed by atoms with Crippen LogP contribution in [0.4, 0.5) is 11.4 Å². The monoisotopic (exact) mass is 625 g/mol. The largest absolute Gasteiger partial charge is 0.338 e. The van der Waals surface area contributed by atoms with Crippen molar-refractivity contribution in [3.63, 3.8) is 0 Å². The number of hydrogen-bond donors (Lipinski definition) is 0. The highest BCUT2D eigenvalue weighted by Gasteiger charge is 2.51. The van der Waals surface area contributed by atoms with Crippen LogP contribution in [0.5, 0.6) is 0 Å². The Morgan fingerprint density at radius 2 is 1.06 bits per heavy atom. The molecule has 2 aliphatic carbocycles. The second kappa shape index (κ2) is 9.68. The highest BCUT2D eigenvalue weighted by molar-refractivity contribution is 6.04. The Bertz CT molecular complexity index is 2600. The summed E-state index contributed by atoms with van der Waals surface area (Å²) in [4.78, 5) is 7.71. The van der Waals surface area contributed by atoms with Crippen LogP contribution >= 0.6 is 0 Å². The molecule has 8 aromatic rings. The summed E-state index contributed by atoms with van der Waals surface area (Å²) in [6.45, 7) is 3.10. The number of nitrogens with zero attached hydrogens (tertiary/aromatic N) is 3. The lowest BCUT2D eigenvalue weighted by Crippen LogP contribution is -2.26. The number of benzene rings is 7. The Balaban J connectivity index is 1.20. The van der Waals surface area contributed by atoms with Crippen LogP contribution in [-0.2, 0) is 5.41 Å². The summed E-state index contributed by atoms with van der Waals surface area (Å²) < 4.78 is 2.39. The van der Waals surface area contributed by atoms with Gasteiger partial charge in [-0.1, -0.05) is 133 Å². The first-order chi connectivity index (χ1) is 24.3. The Morgan fingerprint density at radius 3 is 1.73 bits per heavy atom. The second-order valence-corrected chi connectivity index (χ2v) is 13.3. The van der Waals surface area contributed by atoms with E-state index in [2.05, 4.69) is 174 Å². The lowest BCUT2D eigenvalue weighted by atomic mass is 9.70. The Kier molecular flexibility index (Phi) is 5.30. The fraction of sp³-hybridized carbons (Fsp3) is 0.0652. The zero-order valence-corrected chi connectivity index (χ0v) is 27.1. The summed E-state index contributed by atoms with van der Waals surface area (Å²) in [7, 11) is 0. The summed E-state index contributed by atoms with van der Waals surface area (Å²) in [5.41, 5.74) is 19.7. The smallest absolute Gasteiger partial charge is 0.145 e. The van der Waals surface area contributed by atoms with Crippen molar-refractivity contribution in [2.75, 3.05) is 11.4 Å². The molecular weight excluding hydrogens is 595 g/mol. The molecule has 230 valence electrons. The number of anilines is 2. The molecule has 0 atom stereocenters. The van der Waals surface area contributed by atoms with E-state index in [-0.39, 0.29) is 5.41 Å². The summed E-state index contributed by atoms with van der Waals surface area (Å²) >= 11 is 0. The molecule has 49 heavy (non-hydrogen) atoms. The van der Waals surface area contributed by atoms with Crippen LogP contribution in [0.2, 0.25) is 0 Å². The summed E-state index contributed by atoms with van der Waals surface area (Å²) in [5.74, 6) is 0.972. The van der Waals surface area contributed by atoms with Crippen LogP contribution in [0.25, 0.3) is 61.5 Å². The molecule has 0 saturated carbocycles. The van der Waals surface area contributed by atoms with Crippen molar-refractivity contribution in [3.05, 3.63) is 180 Å². The van der Waals surface area contributed by atoms with Gasteiger partial charge in [-0.15, -0.1) is 0 Å². The number of aromatic nitrogens is 2. The van der Waals surface area contributed by atoms with E-state index in [1.165, 1.54) is 67.0 Å². The van der Waals surface area contributed by atoms with Gasteiger partial charge in [0.25, 0.3) is 0 Å². The molecule has 3 aliphatic rings. The molecule has 0 fully saturated rings. The van der Waals surface area contributed by atoms with Gasteiger partial charge in [0.2, 0.25) is 0 Å². The maximum Gasteiger partial charge on any atom is 0.145 e. The third-order valence-corrected chi connectivity index (χ3v) is 11.1. The van der Waals surface area contributed by atoms with Gasteiger partial charge in [0.05, 0.1) is 33.5 Å². The maximum absolute atomic E-state index is 5.22. The normalized spacial score (nSPS) is 14.0. The molecule has 1 spiro atoms. The first-order valence-corrected chi connectivity index (χ1v) is 17.2. The van der Waals surface area contributed by atoms with Gasteiger partial charge in [0, 0.05) is 17.7 Å². The van der Waals surface area contributed by atoms with E-state index in [1.807, 2.05) is 0 Å². The zero-order chi connectivity index (χ0) is 32.3. The molecule has 0 amide bonds. The molecular formula is C46H31N3. The van der Waals surface area contributed by atoms with E-state index in [9.17, 15) is 0 Å². The van der Waals surface area contributed by atoms with Crippen molar-refractivity contribution in [3.8, 4) is 50.5 Å². The van der Waals surface area contributed by atoms with Crippen LogP contribution < -0.4 is 4.90 Å². The van der Waals surface area contributed by atoms with Gasteiger partial charge in [-0.3, -0.25) is 4.57 Å². The van der Waals surface area contributed by atoms with E-state index >= 15 is 0 Å². The molecule has 0 saturated heterocycles. The predicted octanol–water partition coefficient (Wildman–Crippen LogP) is 11.2. The number of imidazole rings is 1. The molecule has 3 nitrogen and oxygen atoms in total. The second-order valence-electron chi connectivity index (χ2n) is 13.3. The fourth-order valence-corrected chi connectivity index (χ4v) is 9.28. The minimum absolute atomic E-state index is 0.377. The summed E-state index contributed by atoms with van der Waals surface area (Å²) in [5, 5.41) is 0. The standard InChI is InChI=1S/C46H31N3/c1-2-48-41-24-13-23-40-44(41)49(45(47-40)29-14-4-3-5-15-29)42-25-12-19-31(43(42)48)30-26-27-35-34-18-8-11-22-38(34)46(39(35)28-30)36-20-9-6-16-32(36)33-17-7-10-21-37(33)46/h3-28H,2H2,1H3. The molecule has 3 heteroatoms. The average molecular weight is 626 g/mol. The first kappa shape index (κ1) is 26.8. The van der Waals surface area contributed by atoms with Gasteiger partial charge in [-0.2, -0.15) is 0 Å². The van der Waals surface area contributed by atoms with Gasteiger partial charge in [0.15, 0.2) is 0 Å². The van der Waals surface area contributed by atoms with Gasteiger partial charge < -0.3 is 4.90 Å². The topological polar surface area (TPSA) is 21.1 Å². The number of rotatable bonds is 3. The summed E-state index contributed by atoms with van der Waals surface area (Å²) in [6.07, 6.45) is 0. The molecule has 0 N–H and O–H groups in total. The lowest BCUT2D eigenvalue weighted by Gasteiger charge is -2.34. The fourth-order valence-electron chi connectivity index (χ4n) is 9.28. The molecule has 0 radical (unpaired) electrons. The van der Waals surface area contributed by atoms with Gasteiger partial charge in [-0.25, -0.2) is 4.98 Å². The molecule has 1 aliphatic heterocycles. The first-order valence-electron chi connectivity index (χ1n) is 17.2. The van der Waals surface area contributed by atoms with Crippen LogP contribution in [-0.4, -0.2) is 16.1 Å². The SMILES string of the molecule is CCN1c2c(-c3ccc4c(c3)C3(c5ccccc5-c5ccccc53)c3ccccc3-4)cccc2-n2c(-c3ccccc3)nc3cccc1c32. The van der Waals surface area contributed by atoms with Crippen molar-refractivity contribution < 1.29 is 0 Å². The molecule has 2 heterocycles. The van der Waals surface area contributed by atoms with Gasteiger partial charge >= 0.3 is 0 Å². The van der Waals surface area contributed by atoms with Gasteiger partial charge in [0.1, 0.15) is 5.82 Å². The molecule has 0 unspecified atom stereocenters. The van der Waals surface area contributed by atoms with Crippen LogP contribution in [0.1, 0.15) is 29.2 Å². The van der Waals surface area contributed by atoms with Gasteiger partial charge in [-0.05, 0) is 81.3 Å². The van der Waals surface area contributed by atoms with Crippen molar-refractivity contribution in [2.45, 2.75) is 12.3 Å². The molecule has 11 rings (SSSR count). The summed E-state index contributed by atoms with van der Waals surface area (Å²) in [6, 6.07) is 58.2. The van der Waals surface area contributed by atoms with Crippen LogP contribution in [0.15, 0.2) is 158 Å². The van der Waals surface area contributed by atoms with Crippen molar-refractivity contribution in [1.29, 1.82) is 0 Å². The lowest BCUT2D eigenvalue weighted by molar-refractivity contribution is 0.794. The minimum atomic E-state index is -0.377. The van der Waals surface area contributed by atoms with E-state index in [0.29, 0.717) is 0 Å². The number of para-hydroxylation sites is 2. The minimum Gasteiger partial charge on any atom is -0.338 e. The highest BCUT2D eigenvalue weighted by atomic mass is 15.2. The quantitative estimate of drug-likeness (QED) is 0.195. The molecule has 7 aromatic carbocycles. The Morgan fingerprint density at radius 1 is 0.490 bits per heavy atom. The maximum atomic E-state index is 5.22. The van der Waals surface area contributed by atoms with Crippen molar-refractivity contribution >= 4 is 22.4 Å². The highest BCUT2D eigenvalue weighted by Crippen LogP contribution is 2.63. The van der Waals surface area contributed by atoms with Crippen molar-refractivity contribution in [1.82, 2.24) is 9.55 Å². The average Bonchev–Trinajstić information content (AvgIpc) is 3.80. The van der Waals surface area contributed by atoms with E-state index in [4.69, 9.17) is 4.98 Å².